The second kappa shape index (κ2) is 9.39. The van der Waals surface area contributed by atoms with Crippen molar-refractivity contribution in [1.29, 1.82) is 0 Å². The van der Waals surface area contributed by atoms with Gasteiger partial charge in [-0.05, 0) is 42.3 Å². The minimum atomic E-state index is 0. The van der Waals surface area contributed by atoms with Crippen LogP contribution in [0.15, 0.2) is 60.7 Å². The minimum absolute atomic E-state index is 0. The van der Waals surface area contributed by atoms with Gasteiger partial charge in [-0.3, -0.25) is 4.90 Å². The lowest BCUT2D eigenvalue weighted by Gasteiger charge is -2.11. The maximum atomic E-state index is 9.70. The van der Waals surface area contributed by atoms with Gasteiger partial charge >= 0.3 is 0 Å². The molecule has 4 aromatic rings. The molecule has 0 saturated carbocycles. The summed E-state index contributed by atoms with van der Waals surface area (Å²) in [7, 11) is 5.61. The van der Waals surface area contributed by atoms with Crippen LogP contribution in [0.4, 0.5) is 11.6 Å². The zero-order chi connectivity index (χ0) is 22.4. The highest BCUT2D eigenvalue weighted by atomic mass is 16.3. The lowest BCUT2D eigenvalue weighted by atomic mass is 10.2. The number of phenols is 2. The van der Waals surface area contributed by atoms with Gasteiger partial charge in [-0.2, -0.15) is 0 Å². The van der Waals surface area contributed by atoms with Crippen LogP contribution in [-0.4, -0.2) is 41.3 Å². The van der Waals surface area contributed by atoms with Crippen LogP contribution in [0.3, 0.4) is 0 Å². The molecular formula is C25H30N4O2. The van der Waals surface area contributed by atoms with E-state index in [9.17, 15) is 10.2 Å². The van der Waals surface area contributed by atoms with Crippen molar-refractivity contribution in [2.75, 3.05) is 30.9 Å². The van der Waals surface area contributed by atoms with Crippen LogP contribution in [0.1, 0.15) is 5.71 Å². The quantitative estimate of drug-likeness (QED) is 0.354. The molecule has 0 aliphatic heterocycles. The van der Waals surface area contributed by atoms with Gasteiger partial charge in [0, 0.05) is 49.6 Å². The van der Waals surface area contributed by atoms with Gasteiger partial charge in [0.25, 0.3) is 0 Å². The Morgan fingerprint density at radius 3 is 1.81 bits per heavy atom. The van der Waals surface area contributed by atoms with Crippen LogP contribution in [0, 0.1) is 24.3 Å². The summed E-state index contributed by atoms with van der Waals surface area (Å²) in [6, 6.07) is 21.0. The van der Waals surface area contributed by atoms with Crippen molar-refractivity contribution in [3.05, 3.63) is 60.7 Å². The van der Waals surface area contributed by atoms with Crippen LogP contribution in [-0.2, 0) is 0 Å². The van der Waals surface area contributed by atoms with Crippen molar-refractivity contribution in [3.8, 4) is 35.8 Å². The first-order valence-corrected chi connectivity index (χ1v) is 9.45. The van der Waals surface area contributed by atoms with Gasteiger partial charge in [-0.25, -0.2) is 9.97 Å². The molecule has 2 heterocycles. The van der Waals surface area contributed by atoms with Crippen LogP contribution >= 0.6 is 0 Å². The lowest BCUT2D eigenvalue weighted by molar-refractivity contribution is 0.480. The number of para-hydroxylation sites is 2. The number of hydrogen-bond donors (Lipinski definition) is 2. The molecule has 2 aromatic carbocycles. The van der Waals surface area contributed by atoms with Gasteiger partial charge in [0.05, 0.1) is 0 Å². The number of nitrogens with zero attached hydrogens (tertiary/aromatic N) is 4. The number of aromatic nitrogens is 2. The number of pyridine rings is 2. The summed E-state index contributed by atoms with van der Waals surface area (Å²) >= 11 is 0. The van der Waals surface area contributed by atoms with E-state index in [-0.39, 0.29) is 17.2 Å². The van der Waals surface area contributed by atoms with Crippen LogP contribution in [0.2, 0.25) is 0 Å². The summed E-state index contributed by atoms with van der Waals surface area (Å²) in [5, 5.41) is 21.1. The second-order valence-corrected chi connectivity index (χ2v) is 6.87. The van der Waals surface area contributed by atoms with Gasteiger partial charge in [-0.1, -0.05) is 24.3 Å². The number of anilines is 2. The molecule has 0 fully saturated rings. The standard InChI is InChI=1S/C14H10N2O.C11H12N2O.4H2/c1-3-4-10-16(2)13-9-8-11-6-5-7-12(17)14(11)15-13;1-13(2)10-7-6-8-4-3-5-9(14)11(8)12-10;;;;/h1,5-9,17H,2H3;3-7,14H,1-2H3;4*1H. The molecule has 162 valence electrons. The Morgan fingerprint density at radius 2 is 1.29 bits per heavy atom. The van der Waals surface area contributed by atoms with Gasteiger partial charge in [-0.15, -0.1) is 6.42 Å². The smallest absolute Gasteiger partial charge is 0.141 e. The third kappa shape index (κ3) is 4.95. The number of aromatic hydroxyl groups is 2. The lowest BCUT2D eigenvalue weighted by Crippen LogP contribution is -2.10. The van der Waals surface area contributed by atoms with E-state index in [1.807, 2.05) is 61.5 Å². The normalized spacial score (nSPS) is 9.74. The van der Waals surface area contributed by atoms with Crippen molar-refractivity contribution in [3.63, 3.8) is 0 Å². The molecule has 6 heteroatoms. The van der Waals surface area contributed by atoms with Crippen molar-refractivity contribution >= 4 is 33.4 Å². The Morgan fingerprint density at radius 1 is 0.774 bits per heavy atom. The Kier molecular flexibility index (Phi) is 6.45. The van der Waals surface area contributed by atoms with E-state index in [0.29, 0.717) is 16.9 Å². The van der Waals surface area contributed by atoms with Gasteiger partial charge < -0.3 is 15.1 Å². The van der Waals surface area contributed by atoms with Crippen molar-refractivity contribution < 1.29 is 15.9 Å². The Hall–Kier alpha value is -4.42. The summed E-state index contributed by atoms with van der Waals surface area (Å²) in [5.41, 5.74) is 1.21. The van der Waals surface area contributed by atoms with Gasteiger partial charge in [0.2, 0.25) is 0 Å². The highest BCUT2D eigenvalue weighted by Gasteiger charge is 2.05. The van der Waals surface area contributed by atoms with E-state index in [4.69, 9.17) is 6.42 Å². The SMILES string of the molecule is C#CC#CN(C)c1ccc2cccc(O)c2n1.CN(C)c1ccc2cccc(O)c2n1.[HH].[HH].[HH].[HH]. The summed E-state index contributed by atoms with van der Waals surface area (Å²) in [5.74, 6) is 6.62. The number of benzene rings is 2. The van der Waals surface area contributed by atoms with E-state index in [1.165, 1.54) is 0 Å². The molecule has 2 aromatic heterocycles. The Labute approximate surface area is 187 Å². The fourth-order valence-corrected chi connectivity index (χ4v) is 2.85. The van der Waals surface area contributed by atoms with Crippen molar-refractivity contribution in [1.82, 2.24) is 9.97 Å². The number of phenolic OH excluding ortho intramolecular Hbond substituents is 2. The molecule has 4 rings (SSSR count). The molecule has 0 spiro atoms. The van der Waals surface area contributed by atoms with Gasteiger partial charge in [0.1, 0.15) is 34.2 Å². The summed E-state index contributed by atoms with van der Waals surface area (Å²) in [6.07, 6.45) is 5.06. The average molecular weight is 419 g/mol. The number of rotatable bonds is 2. The third-order valence-corrected chi connectivity index (χ3v) is 4.47. The molecule has 0 radical (unpaired) electrons. The Balaban J connectivity index is 0. The van der Waals surface area contributed by atoms with Crippen LogP contribution in [0.25, 0.3) is 21.8 Å². The minimum Gasteiger partial charge on any atom is -0.506 e. The van der Waals surface area contributed by atoms with E-state index in [0.717, 1.165) is 16.6 Å². The largest absolute Gasteiger partial charge is 0.506 e. The molecule has 6 nitrogen and oxygen atoms in total. The van der Waals surface area contributed by atoms with Crippen LogP contribution < -0.4 is 9.80 Å². The maximum Gasteiger partial charge on any atom is 0.141 e. The molecule has 0 aliphatic rings. The number of terminal acetylenes is 1. The molecule has 31 heavy (non-hydrogen) atoms. The fourth-order valence-electron chi connectivity index (χ4n) is 2.85. The fraction of sp³-hybridized carbons (Fsp3) is 0.120. The monoisotopic (exact) mass is 418 g/mol. The molecule has 0 bridgehead atoms. The first-order chi connectivity index (χ1) is 14.9. The molecule has 0 unspecified atom stereocenters. The summed E-state index contributed by atoms with van der Waals surface area (Å²) in [4.78, 5) is 12.2. The first-order valence-electron chi connectivity index (χ1n) is 9.45. The van der Waals surface area contributed by atoms with E-state index in [2.05, 4.69) is 27.9 Å². The predicted octanol–water partition coefficient (Wildman–Crippen LogP) is 4.96. The Bertz CT molecular complexity index is 1350. The number of hydrogen-bond acceptors (Lipinski definition) is 6. The zero-order valence-corrected chi connectivity index (χ0v) is 17.5. The van der Waals surface area contributed by atoms with E-state index >= 15 is 0 Å². The molecular weight excluding hydrogens is 388 g/mol. The topological polar surface area (TPSA) is 72.7 Å². The molecule has 0 amide bonds. The third-order valence-electron chi connectivity index (χ3n) is 4.47. The first kappa shape index (κ1) is 21.3. The summed E-state index contributed by atoms with van der Waals surface area (Å²) < 4.78 is 0. The zero-order valence-electron chi connectivity index (χ0n) is 17.5. The molecule has 0 saturated heterocycles. The highest BCUT2D eigenvalue weighted by Crippen LogP contribution is 2.25. The van der Waals surface area contributed by atoms with Crippen LogP contribution in [0.5, 0.6) is 11.5 Å². The highest BCUT2D eigenvalue weighted by molar-refractivity contribution is 5.86. The molecule has 0 aliphatic carbocycles. The number of fused-ring (bicyclic) bond motifs is 2. The summed E-state index contributed by atoms with van der Waals surface area (Å²) in [6.45, 7) is 0. The van der Waals surface area contributed by atoms with Crippen molar-refractivity contribution in [2.24, 2.45) is 0 Å². The molecule has 2 N–H and O–H groups in total. The van der Waals surface area contributed by atoms with Gasteiger partial charge in [0.15, 0.2) is 0 Å². The average Bonchev–Trinajstić information content (AvgIpc) is 2.78. The molecule has 0 atom stereocenters. The second-order valence-electron chi connectivity index (χ2n) is 6.87. The van der Waals surface area contributed by atoms with E-state index in [1.54, 1.807) is 30.1 Å². The van der Waals surface area contributed by atoms with E-state index < -0.39 is 0 Å². The van der Waals surface area contributed by atoms with Crippen molar-refractivity contribution in [2.45, 2.75) is 0 Å². The predicted molar refractivity (Wildman–Crippen MR) is 135 cm³/mol. The maximum absolute atomic E-state index is 9.70.